The van der Waals surface area contributed by atoms with E-state index in [1.54, 1.807) is 0 Å². The molecule has 2 saturated heterocycles. The van der Waals surface area contributed by atoms with Gasteiger partial charge >= 0.3 is 0 Å². The van der Waals surface area contributed by atoms with Crippen LogP contribution in [0.5, 0.6) is 0 Å². The normalized spacial score (nSPS) is 42.0. The lowest BCUT2D eigenvalue weighted by molar-refractivity contribution is -0.350. The molecule has 3 atom stereocenters. The van der Waals surface area contributed by atoms with E-state index >= 15 is 0 Å². The second-order valence-electron chi connectivity index (χ2n) is 4.16. The van der Waals surface area contributed by atoms with E-state index in [0.717, 1.165) is 19.3 Å². The predicted octanol–water partition coefficient (Wildman–Crippen LogP) is -0.348. The van der Waals surface area contributed by atoms with E-state index in [1.807, 2.05) is 0 Å². The molecule has 0 saturated carbocycles. The highest BCUT2D eigenvalue weighted by Crippen LogP contribution is 2.33. The Balaban J connectivity index is 1.98. The van der Waals surface area contributed by atoms with Crippen molar-refractivity contribution >= 4 is 0 Å². The summed E-state index contributed by atoms with van der Waals surface area (Å²) in [4.78, 5) is 0. The van der Waals surface area contributed by atoms with Gasteiger partial charge in [0.1, 0.15) is 12.7 Å². The number of aliphatic hydroxyl groups is 2. The first-order valence-corrected chi connectivity index (χ1v) is 5.43. The average Bonchev–Trinajstić information content (AvgIpc) is 2.29. The number of rotatable bonds is 2. The van der Waals surface area contributed by atoms with Crippen molar-refractivity contribution in [2.45, 2.75) is 37.3 Å². The SMILES string of the molecule is OC[C@@H]1CCC[C@]2(COC[C@@H](CO)O2)O1. The molecule has 5 nitrogen and oxygen atoms in total. The smallest absolute Gasteiger partial charge is 0.192 e. The van der Waals surface area contributed by atoms with E-state index < -0.39 is 5.79 Å². The van der Waals surface area contributed by atoms with Crippen LogP contribution in [0.1, 0.15) is 19.3 Å². The number of ether oxygens (including phenoxy) is 3. The van der Waals surface area contributed by atoms with Crippen LogP contribution in [0.2, 0.25) is 0 Å². The molecule has 0 unspecified atom stereocenters. The van der Waals surface area contributed by atoms with Crippen LogP contribution in [0.3, 0.4) is 0 Å². The van der Waals surface area contributed by atoms with E-state index in [9.17, 15) is 0 Å². The molecule has 88 valence electrons. The highest BCUT2D eigenvalue weighted by atomic mass is 16.7. The van der Waals surface area contributed by atoms with Crippen molar-refractivity contribution in [1.29, 1.82) is 0 Å². The minimum Gasteiger partial charge on any atom is -0.394 e. The summed E-state index contributed by atoms with van der Waals surface area (Å²) in [5, 5.41) is 18.1. The van der Waals surface area contributed by atoms with Gasteiger partial charge in [0, 0.05) is 6.42 Å². The zero-order valence-corrected chi connectivity index (χ0v) is 8.72. The summed E-state index contributed by atoms with van der Waals surface area (Å²) in [6.07, 6.45) is 2.09. The summed E-state index contributed by atoms with van der Waals surface area (Å²) in [7, 11) is 0. The average molecular weight is 218 g/mol. The number of aliphatic hydroxyl groups excluding tert-OH is 2. The lowest BCUT2D eigenvalue weighted by Gasteiger charge is -2.44. The minimum absolute atomic E-state index is 0.00883. The highest BCUT2D eigenvalue weighted by molar-refractivity contribution is 4.82. The van der Waals surface area contributed by atoms with Gasteiger partial charge < -0.3 is 24.4 Å². The van der Waals surface area contributed by atoms with E-state index in [-0.39, 0.29) is 25.4 Å². The van der Waals surface area contributed by atoms with Gasteiger partial charge in [-0.15, -0.1) is 0 Å². The Morgan fingerprint density at radius 1 is 1.13 bits per heavy atom. The molecule has 2 fully saturated rings. The molecule has 2 heterocycles. The standard InChI is InChI=1S/C10H18O5/c11-4-8-2-1-3-10(14-8)7-13-6-9(5-12)15-10/h8-9,11-12H,1-7H2/t8-,9+,10-/m0/s1. The molecule has 0 aromatic heterocycles. The van der Waals surface area contributed by atoms with Gasteiger partial charge in [0.25, 0.3) is 0 Å². The van der Waals surface area contributed by atoms with Crippen LogP contribution in [-0.4, -0.2) is 54.6 Å². The first kappa shape index (κ1) is 11.3. The summed E-state index contributed by atoms with van der Waals surface area (Å²) < 4.78 is 16.7. The molecule has 0 amide bonds. The maximum atomic E-state index is 9.06. The third-order valence-corrected chi connectivity index (χ3v) is 2.88. The third-order valence-electron chi connectivity index (χ3n) is 2.88. The number of hydrogen-bond donors (Lipinski definition) is 2. The predicted molar refractivity (Wildman–Crippen MR) is 51.3 cm³/mol. The molecule has 2 aliphatic rings. The zero-order chi connectivity index (χ0) is 10.7. The Labute approximate surface area is 88.9 Å². The quantitative estimate of drug-likeness (QED) is 0.663. The summed E-state index contributed by atoms with van der Waals surface area (Å²) >= 11 is 0. The van der Waals surface area contributed by atoms with E-state index in [4.69, 9.17) is 24.4 Å². The van der Waals surface area contributed by atoms with Crippen LogP contribution >= 0.6 is 0 Å². The van der Waals surface area contributed by atoms with Crippen molar-refractivity contribution in [3.05, 3.63) is 0 Å². The highest BCUT2D eigenvalue weighted by Gasteiger charge is 2.43. The fourth-order valence-electron chi connectivity index (χ4n) is 2.15. The van der Waals surface area contributed by atoms with Gasteiger partial charge in [-0.1, -0.05) is 0 Å². The van der Waals surface area contributed by atoms with Gasteiger partial charge in [-0.05, 0) is 12.8 Å². The van der Waals surface area contributed by atoms with Crippen LogP contribution in [-0.2, 0) is 14.2 Å². The molecule has 1 spiro atoms. The fourth-order valence-corrected chi connectivity index (χ4v) is 2.15. The molecule has 0 bridgehead atoms. The van der Waals surface area contributed by atoms with Crippen LogP contribution < -0.4 is 0 Å². The van der Waals surface area contributed by atoms with E-state index in [0.29, 0.717) is 13.2 Å². The molecule has 0 aromatic carbocycles. The van der Waals surface area contributed by atoms with Gasteiger partial charge in [-0.2, -0.15) is 0 Å². The summed E-state index contributed by atoms with van der Waals surface area (Å²) in [6.45, 7) is 0.745. The maximum absolute atomic E-state index is 9.06. The molecule has 2 rings (SSSR count). The van der Waals surface area contributed by atoms with Gasteiger partial charge in [0.05, 0.1) is 25.9 Å². The first-order chi connectivity index (χ1) is 7.28. The van der Waals surface area contributed by atoms with Crippen molar-refractivity contribution in [1.82, 2.24) is 0 Å². The lowest BCUT2D eigenvalue weighted by atomic mass is 10.0. The minimum atomic E-state index is -0.739. The summed E-state index contributed by atoms with van der Waals surface area (Å²) in [5.74, 6) is -0.739. The summed E-state index contributed by atoms with van der Waals surface area (Å²) in [5.41, 5.74) is 0. The summed E-state index contributed by atoms with van der Waals surface area (Å²) in [6, 6.07) is 0. The Morgan fingerprint density at radius 3 is 2.60 bits per heavy atom. The topological polar surface area (TPSA) is 68.2 Å². The fraction of sp³-hybridized carbons (Fsp3) is 1.00. The van der Waals surface area contributed by atoms with Gasteiger partial charge in [-0.25, -0.2) is 0 Å². The molecule has 0 aliphatic carbocycles. The second-order valence-corrected chi connectivity index (χ2v) is 4.16. The Bertz CT molecular complexity index is 186. The van der Waals surface area contributed by atoms with Crippen LogP contribution in [0.4, 0.5) is 0 Å². The number of hydrogen-bond acceptors (Lipinski definition) is 5. The molecule has 0 aromatic rings. The van der Waals surface area contributed by atoms with Crippen LogP contribution in [0, 0.1) is 0 Å². The lowest BCUT2D eigenvalue weighted by Crippen LogP contribution is -2.54. The van der Waals surface area contributed by atoms with Gasteiger partial charge in [0.15, 0.2) is 5.79 Å². The molecule has 0 radical (unpaired) electrons. The van der Waals surface area contributed by atoms with E-state index in [2.05, 4.69) is 0 Å². The van der Waals surface area contributed by atoms with Crippen molar-refractivity contribution in [3.8, 4) is 0 Å². The van der Waals surface area contributed by atoms with Gasteiger partial charge in [0.2, 0.25) is 0 Å². The van der Waals surface area contributed by atoms with Crippen molar-refractivity contribution in [2.24, 2.45) is 0 Å². The van der Waals surface area contributed by atoms with Crippen molar-refractivity contribution in [3.63, 3.8) is 0 Å². The molecular formula is C10H18O5. The zero-order valence-electron chi connectivity index (χ0n) is 8.72. The first-order valence-electron chi connectivity index (χ1n) is 5.43. The second kappa shape index (κ2) is 4.76. The van der Waals surface area contributed by atoms with Crippen LogP contribution in [0.15, 0.2) is 0 Å². The largest absolute Gasteiger partial charge is 0.394 e. The Morgan fingerprint density at radius 2 is 1.87 bits per heavy atom. The molecule has 15 heavy (non-hydrogen) atoms. The van der Waals surface area contributed by atoms with Gasteiger partial charge in [-0.3, -0.25) is 0 Å². The van der Waals surface area contributed by atoms with Crippen molar-refractivity contribution < 1.29 is 24.4 Å². The molecule has 2 N–H and O–H groups in total. The monoisotopic (exact) mass is 218 g/mol. The van der Waals surface area contributed by atoms with E-state index in [1.165, 1.54) is 0 Å². The molecule has 2 aliphatic heterocycles. The maximum Gasteiger partial charge on any atom is 0.192 e. The van der Waals surface area contributed by atoms with Crippen LogP contribution in [0.25, 0.3) is 0 Å². The Hall–Kier alpha value is -0.200. The Kier molecular flexibility index (Phi) is 3.58. The molecular weight excluding hydrogens is 200 g/mol. The molecule has 5 heteroatoms. The van der Waals surface area contributed by atoms with Crippen molar-refractivity contribution in [2.75, 3.05) is 26.4 Å². The third kappa shape index (κ3) is 2.49.